The molecule has 0 aliphatic carbocycles. The first-order chi connectivity index (χ1) is 6.86. The van der Waals surface area contributed by atoms with E-state index in [0.717, 1.165) is 18.1 Å². The molecule has 8 heteroatoms. The number of rotatable bonds is 3. The lowest BCUT2D eigenvalue weighted by molar-refractivity contribution is 0.0945. The van der Waals surface area contributed by atoms with Crippen molar-refractivity contribution in [1.29, 1.82) is 0 Å². The van der Waals surface area contributed by atoms with E-state index >= 15 is 0 Å². The summed E-state index contributed by atoms with van der Waals surface area (Å²) in [6, 6.07) is 0.200. The van der Waals surface area contributed by atoms with Gasteiger partial charge in [-0.2, -0.15) is 5.53 Å². The van der Waals surface area contributed by atoms with Crippen molar-refractivity contribution in [3.8, 4) is 0 Å². The van der Waals surface area contributed by atoms with Crippen molar-refractivity contribution in [2.75, 3.05) is 13.1 Å². The molecule has 1 aliphatic rings. The summed E-state index contributed by atoms with van der Waals surface area (Å²) in [6.07, 6.45) is 0. The number of nitrogens with zero attached hydrogens (tertiary/aromatic N) is 2. The average molecular weight is 214 g/mol. The highest BCUT2D eigenvalue weighted by Crippen LogP contribution is 1.96. The monoisotopic (exact) mass is 214 g/mol. The fourth-order valence-corrected chi connectivity index (χ4v) is 1.51. The van der Waals surface area contributed by atoms with Crippen molar-refractivity contribution < 1.29 is 4.79 Å². The molecule has 1 aromatic heterocycles. The van der Waals surface area contributed by atoms with E-state index in [1.54, 1.807) is 5.38 Å². The van der Waals surface area contributed by atoms with E-state index in [1.807, 2.05) is 0 Å². The fourth-order valence-electron chi connectivity index (χ4n) is 1.07. The van der Waals surface area contributed by atoms with Crippen molar-refractivity contribution >= 4 is 17.4 Å². The van der Waals surface area contributed by atoms with Crippen LogP contribution in [0.25, 0.3) is 0 Å². The lowest BCUT2D eigenvalue weighted by Gasteiger charge is -2.08. The van der Waals surface area contributed by atoms with E-state index in [-0.39, 0.29) is 11.9 Å². The first-order valence-electron chi connectivity index (χ1n) is 4.15. The average Bonchev–Trinajstić information content (AvgIpc) is 2.87. The molecule has 1 saturated heterocycles. The van der Waals surface area contributed by atoms with Crippen LogP contribution in [0, 0.1) is 0 Å². The van der Waals surface area contributed by atoms with Gasteiger partial charge in [0.05, 0.1) is 6.04 Å². The second kappa shape index (κ2) is 4.42. The number of hydrogen-bond acceptors (Lipinski definition) is 7. The number of aromatic nitrogens is 2. The first kappa shape index (κ1) is 9.46. The minimum Gasteiger partial charge on any atom is -0.349 e. The van der Waals surface area contributed by atoms with Gasteiger partial charge in [-0.15, -0.1) is 5.10 Å². The minimum absolute atomic E-state index is 0.188. The SMILES string of the molecule is O=C(NCC1CNNN1)c1csnn1. The van der Waals surface area contributed by atoms with Crippen molar-refractivity contribution in [3.63, 3.8) is 0 Å². The Labute approximate surface area is 84.4 Å². The summed E-state index contributed by atoms with van der Waals surface area (Å²) in [5.41, 5.74) is 8.96. The molecule has 2 rings (SSSR count). The van der Waals surface area contributed by atoms with Gasteiger partial charge in [-0.25, -0.2) is 10.9 Å². The highest BCUT2D eigenvalue weighted by molar-refractivity contribution is 7.03. The number of carbonyl (C=O) groups is 1. The predicted octanol–water partition coefficient (Wildman–Crippen LogP) is -1.75. The molecule has 2 heterocycles. The number of carbonyl (C=O) groups excluding carboxylic acids is 1. The molecule has 4 N–H and O–H groups in total. The van der Waals surface area contributed by atoms with Crippen molar-refractivity contribution in [3.05, 3.63) is 11.1 Å². The van der Waals surface area contributed by atoms with Crippen LogP contribution in [0.15, 0.2) is 5.38 Å². The molecule has 14 heavy (non-hydrogen) atoms. The number of hydrogen-bond donors (Lipinski definition) is 4. The Hall–Kier alpha value is -1.09. The molecule has 1 amide bonds. The number of nitrogens with one attached hydrogen (secondary N) is 4. The molecule has 0 radical (unpaired) electrons. The van der Waals surface area contributed by atoms with Crippen LogP contribution in [0.1, 0.15) is 10.5 Å². The van der Waals surface area contributed by atoms with E-state index in [2.05, 4.69) is 31.3 Å². The van der Waals surface area contributed by atoms with Crippen LogP contribution >= 0.6 is 11.5 Å². The lowest BCUT2D eigenvalue weighted by Crippen LogP contribution is -2.41. The Morgan fingerprint density at radius 1 is 1.79 bits per heavy atom. The third-order valence-electron chi connectivity index (χ3n) is 1.81. The van der Waals surface area contributed by atoms with Crippen LogP contribution in [-0.4, -0.2) is 34.6 Å². The van der Waals surface area contributed by atoms with Crippen LogP contribution in [-0.2, 0) is 0 Å². The number of hydrazine groups is 2. The van der Waals surface area contributed by atoms with Crippen LogP contribution < -0.4 is 21.7 Å². The molecule has 0 saturated carbocycles. The van der Waals surface area contributed by atoms with E-state index in [4.69, 9.17) is 0 Å². The topological polar surface area (TPSA) is 91.0 Å². The van der Waals surface area contributed by atoms with Gasteiger partial charge in [0.25, 0.3) is 5.91 Å². The minimum atomic E-state index is -0.188. The summed E-state index contributed by atoms with van der Waals surface area (Å²) < 4.78 is 3.61. The molecule has 76 valence electrons. The first-order valence-corrected chi connectivity index (χ1v) is 4.98. The zero-order valence-corrected chi connectivity index (χ0v) is 8.10. The highest BCUT2D eigenvalue weighted by Gasteiger charge is 2.15. The molecule has 1 aliphatic heterocycles. The maximum absolute atomic E-state index is 11.4. The van der Waals surface area contributed by atoms with Gasteiger partial charge in [-0.3, -0.25) is 4.79 Å². The summed E-state index contributed by atoms with van der Waals surface area (Å²) in [5, 5.41) is 8.03. The van der Waals surface area contributed by atoms with Crippen LogP contribution in [0.4, 0.5) is 0 Å². The maximum Gasteiger partial charge on any atom is 0.272 e. The molecule has 0 aromatic carbocycles. The Morgan fingerprint density at radius 2 is 2.71 bits per heavy atom. The molecule has 1 unspecified atom stereocenters. The predicted molar refractivity (Wildman–Crippen MR) is 50.3 cm³/mol. The molecule has 0 spiro atoms. The summed E-state index contributed by atoms with van der Waals surface area (Å²) in [6.45, 7) is 1.33. The maximum atomic E-state index is 11.4. The van der Waals surface area contributed by atoms with Gasteiger partial charge in [0.2, 0.25) is 0 Å². The Morgan fingerprint density at radius 3 is 3.36 bits per heavy atom. The Balaban J connectivity index is 1.78. The van der Waals surface area contributed by atoms with Crippen LogP contribution in [0.2, 0.25) is 0 Å². The lowest BCUT2D eigenvalue weighted by atomic mass is 10.3. The summed E-state index contributed by atoms with van der Waals surface area (Å²) >= 11 is 1.16. The quantitative estimate of drug-likeness (QED) is 0.477. The highest BCUT2D eigenvalue weighted by atomic mass is 32.1. The largest absolute Gasteiger partial charge is 0.349 e. The zero-order valence-electron chi connectivity index (χ0n) is 7.28. The van der Waals surface area contributed by atoms with Crippen LogP contribution in [0.5, 0.6) is 0 Å². The van der Waals surface area contributed by atoms with Crippen molar-refractivity contribution in [1.82, 2.24) is 31.3 Å². The Bertz CT molecular complexity index is 295. The zero-order chi connectivity index (χ0) is 9.80. The third kappa shape index (κ3) is 2.23. The molecule has 0 bridgehead atoms. The molecular weight excluding hydrogens is 204 g/mol. The van der Waals surface area contributed by atoms with Gasteiger partial charge in [0.1, 0.15) is 0 Å². The van der Waals surface area contributed by atoms with Crippen molar-refractivity contribution in [2.45, 2.75) is 6.04 Å². The molecular formula is C6H10N6OS. The Kier molecular flexibility index (Phi) is 2.99. The summed E-state index contributed by atoms with van der Waals surface area (Å²) in [4.78, 5) is 11.4. The van der Waals surface area contributed by atoms with E-state index in [0.29, 0.717) is 12.2 Å². The van der Waals surface area contributed by atoms with Gasteiger partial charge in [-0.05, 0) is 11.5 Å². The van der Waals surface area contributed by atoms with Gasteiger partial charge in [-0.1, -0.05) is 4.49 Å². The van der Waals surface area contributed by atoms with Crippen LogP contribution in [0.3, 0.4) is 0 Å². The van der Waals surface area contributed by atoms with E-state index < -0.39 is 0 Å². The molecule has 1 aromatic rings. The molecule has 1 atom stereocenters. The third-order valence-corrected chi connectivity index (χ3v) is 2.32. The second-order valence-corrected chi connectivity index (χ2v) is 3.46. The molecule has 7 nitrogen and oxygen atoms in total. The summed E-state index contributed by atoms with van der Waals surface area (Å²) in [5.74, 6) is -0.188. The van der Waals surface area contributed by atoms with Gasteiger partial charge >= 0.3 is 0 Å². The standard InChI is InChI=1S/C6H10N6OS/c13-6(5-3-14-12-10-5)7-1-4-2-8-11-9-4/h3-4,8-9,11H,1-2H2,(H,7,13). The van der Waals surface area contributed by atoms with E-state index in [9.17, 15) is 4.79 Å². The second-order valence-electron chi connectivity index (χ2n) is 2.85. The number of amides is 1. The van der Waals surface area contributed by atoms with Gasteiger partial charge < -0.3 is 5.32 Å². The summed E-state index contributed by atoms with van der Waals surface area (Å²) in [7, 11) is 0. The van der Waals surface area contributed by atoms with Crippen molar-refractivity contribution in [2.24, 2.45) is 0 Å². The molecule has 1 fully saturated rings. The van der Waals surface area contributed by atoms with Gasteiger partial charge in [0, 0.05) is 18.5 Å². The fraction of sp³-hybridized carbons (Fsp3) is 0.500. The van der Waals surface area contributed by atoms with Gasteiger partial charge in [0.15, 0.2) is 5.69 Å². The normalized spacial score (nSPS) is 21.0. The smallest absolute Gasteiger partial charge is 0.272 e. The van der Waals surface area contributed by atoms with E-state index in [1.165, 1.54) is 0 Å².